The van der Waals surface area contributed by atoms with Gasteiger partial charge in [-0.3, -0.25) is 9.69 Å². The fourth-order valence-electron chi connectivity index (χ4n) is 5.90. The van der Waals surface area contributed by atoms with Crippen LogP contribution in [0.4, 0.5) is 0 Å². The number of tetrazole rings is 1. The zero-order valence-corrected chi connectivity index (χ0v) is 17.7. The van der Waals surface area contributed by atoms with Gasteiger partial charge in [-0.25, -0.2) is 4.68 Å². The maximum atomic E-state index is 13.1. The molecule has 3 aliphatic heterocycles. The molecule has 8 heteroatoms. The summed E-state index contributed by atoms with van der Waals surface area (Å²) in [5.41, 5.74) is 1.39. The smallest absolute Gasteiger partial charge is 0.247 e. The molecule has 5 rings (SSSR count). The number of nitrogens with zero attached hydrogens (tertiary/aromatic N) is 6. The van der Waals surface area contributed by atoms with Crippen LogP contribution in [-0.2, 0) is 4.79 Å². The molecule has 0 N–H and O–H groups in total. The number of fused-ring (bicyclic) bond motifs is 4. The summed E-state index contributed by atoms with van der Waals surface area (Å²) in [5.74, 6) is 2.12. The van der Waals surface area contributed by atoms with E-state index in [0.717, 1.165) is 25.4 Å². The molecule has 0 unspecified atom stereocenters. The molecule has 1 amide bonds. The molecule has 1 aromatic carbocycles. The number of piperidine rings is 3. The molecule has 0 saturated carbocycles. The summed E-state index contributed by atoms with van der Waals surface area (Å²) in [4.78, 5) is 17.9. The van der Waals surface area contributed by atoms with E-state index >= 15 is 0 Å². The highest BCUT2D eigenvalue weighted by atomic mass is 16.5. The van der Waals surface area contributed by atoms with Crippen molar-refractivity contribution in [2.24, 2.45) is 11.8 Å². The number of carbonyl (C=O) groups is 1. The Bertz CT molecular complexity index is 870. The number of benzene rings is 1. The maximum absolute atomic E-state index is 13.1. The maximum Gasteiger partial charge on any atom is 0.247 e. The van der Waals surface area contributed by atoms with Crippen LogP contribution < -0.4 is 4.74 Å². The van der Waals surface area contributed by atoms with Gasteiger partial charge in [0.05, 0.1) is 7.11 Å². The number of amides is 1. The van der Waals surface area contributed by atoms with E-state index < -0.39 is 0 Å². The third kappa shape index (κ3) is 3.47. The molecule has 30 heavy (non-hydrogen) atoms. The number of hydrogen-bond acceptors (Lipinski definition) is 6. The van der Waals surface area contributed by atoms with Crippen molar-refractivity contribution in [2.45, 2.75) is 50.7 Å². The summed E-state index contributed by atoms with van der Waals surface area (Å²) in [5, 5.41) is 11.3. The number of ether oxygens (including phenoxy) is 1. The average molecular weight is 411 g/mol. The van der Waals surface area contributed by atoms with E-state index in [9.17, 15) is 4.79 Å². The van der Waals surface area contributed by atoms with Crippen molar-refractivity contribution in [1.82, 2.24) is 30.0 Å². The van der Waals surface area contributed by atoms with Gasteiger partial charge in [-0.05, 0) is 72.6 Å². The summed E-state index contributed by atoms with van der Waals surface area (Å²) in [6, 6.07) is 9.27. The molecule has 3 aliphatic rings. The zero-order chi connectivity index (χ0) is 20.7. The Labute approximate surface area is 177 Å². The van der Waals surface area contributed by atoms with Gasteiger partial charge < -0.3 is 9.64 Å². The quantitative estimate of drug-likeness (QED) is 0.770. The van der Waals surface area contributed by atoms with Crippen LogP contribution in [0.3, 0.4) is 0 Å². The van der Waals surface area contributed by atoms with Gasteiger partial charge in [-0.15, -0.1) is 5.10 Å². The van der Waals surface area contributed by atoms with Crippen molar-refractivity contribution in [3.05, 3.63) is 36.2 Å². The SMILES string of the molecule is COc1ccc([C@H]2CCC[C@H]3[C@@H]4C[C@@H](CN(C(=O)[C@H](C)n5cnnn5)C4)CN23)cc1. The van der Waals surface area contributed by atoms with Crippen LogP contribution in [0.1, 0.15) is 50.3 Å². The Morgan fingerprint density at radius 3 is 2.73 bits per heavy atom. The van der Waals surface area contributed by atoms with Crippen LogP contribution in [-0.4, -0.2) is 68.7 Å². The minimum Gasteiger partial charge on any atom is -0.497 e. The lowest BCUT2D eigenvalue weighted by Gasteiger charge is -2.55. The van der Waals surface area contributed by atoms with Crippen molar-refractivity contribution in [2.75, 3.05) is 26.7 Å². The van der Waals surface area contributed by atoms with E-state index in [0.29, 0.717) is 23.9 Å². The van der Waals surface area contributed by atoms with Crippen molar-refractivity contribution in [3.63, 3.8) is 0 Å². The molecule has 5 atom stereocenters. The minimum absolute atomic E-state index is 0.132. The fraction of sp³-hybridized carbons (Fsp3) is 0.636. The summed E-state index contributed by atoms with van der Waals surface area (Å²) in [6.07, 6.45) is 6.44. The summed E-state index contributed by atoms with van der Waals surface area (Å²) < 4.78 is 6.89. The lowest BCUT2D eigenvalue weighted by atomic mass is 9.74. The van der Waals surface area contributed by atoms with Crippen LogP contribution in [0, 0.1) is 11.8 Å². The van der Waals surface area contributed by atoms with Gasteiger partial charge in [-0.2, -0.15) is 0 Å². The van der Waals surface area contributed by atoms with E-state index in [1.807, 2.05) is 6.92 Å². The van der Waals surface area contributed by atoms with Crippen LogP contribution in [0.2, 0.25) is 0 Å². The van der Waals surface area contributed by atoms with Crippen LogP contribution in [0.25, 0.3) is 0 Å². The Hall–Kier alpha value is -2.48. The Balaban J connectivity index is 1.32. The van der Waals surface area contributed by atoms with Crippen molar-refractivity contribution in [1.29, 1.82) is 0 Å². The van der Waals surface area contributed by atoms with Crippen LogP contribution >= 0.6 is 0 Å². The molecule has 0 radical (unpaired) electrons. The first-order chi connectivity index (χ1) is 14.6. The van der Waals surface area contributed by atoms with Gasteiger partial charge in [0.15, 0.2) is 0 Å². The van der Waals surface area contributed by atoms with Crippen LogP contribution in [0.15, 0.2) is 30.6 Å². The van der Waals surface area contributed by atoms with E-state index in [4.69, 9.17) is 4.74 Å². The van der Waals surface area contributed by atoms with E-state index in [2.05, 4.69) is 49.6 Å². The topological polar surface area (TPSA) is 76.4 Å². The first-order valence-electron chi connectivity index (χ1n) is 11.0. The van der Waals surface area contributed by atoms with Gasteiger partial charge in [0.1, 0.15) is 18.1 Å². The molecule has 1 aromatic heterocycles. The average Bonchev–Trinajstić information content (AvgIpc) is 3.33. The van der Waals surface area contributed by atoms with Gasteiger partial charge in [0.2, 0.25) is 5.91 Å². The largest absolute Gasteiger partial charge is 0.497 e. The van der Waals surface area contributed by atoms with Gasteiger partial charge in [-0.1, -0.05) is 12.1 Å². The van der Waals surface area contributed by atoms with E-state index in [-0.39, 0.29) is 11.9 Å². The highest BCUT2D eigenvalue weighted by Gasteiger charge is 2.46. The predicted molar refractivity (Wildman–Crippen MR) is 111 cm³/mol. The second kappa shape index (κ2) is 7.98. The highest BCUT2D eigenvalue weighted by Crippen LogP contribution is 2.44. The number of rotatable bonds is 4. The fourth-order valence-corrected chi connectivity index (χ4v) is 5.90. The second-order valence-corrected chi connectivity index (χ2v) is 9.05. The number of carbonyl (C=O) groups excluding carboxylic acids is 1. The van der Waals surface area contributed by atoms with Crippen molar-refractivity contribution in [3.8, 4) is 5.75 Å². The van der Waals surface area contributed by atoms with Crippen LogP contribution in [0.5, 0.6) is 5.75 Å². The Morgan fingerprint density at radius 1 is 1.17 bits per heavy atom. The number of methoxy groups -OCH3 is 1. The highest BCUT2D eigenvalue weighted by molar-refractivity contribution is 5.80. The van der Waals surface area contributed by atoms with Crippen molar-refractivity contribution < 1.29 is 9.53 Å². The Kier molecular flexibility index (Phi) is 5.18. The standard InChI is InChI=1S/C22H30N6O2/c1-15(28-14-23-24-25-28)22(29)26-11-16-10-18(13-26)21-5-3-4-20(27(21)12-16)17-6-8-19(30-2)9-7-17/h6-9,14-16,18,20-21H,3-5,10-13H2,1-2H3/t15-,16-,18+,20+,21-/m0/s1. The first-order valence-corrected chi connectivity index (χ1v) is 11.0. The molecule has 0 spiro atoms. The van der Waals surface area contributed by atoms with Gasteiger partial charge >= 0.3 is 0 Å². The molecular formula is C22H30N6O2. The Morgan fingerprint density at radius 2 is 2.00 bits per heavy atom. The summed E-state index contributed by atoms with van der Waals surface area (Å²) >= 11 is 0. The molecule has 3 fully saturated rings. The van der Waals surface area contributed by atoms with E-state index in [1.165, 1.54) is 37.6 Å². The first kappa shape index (κ1) is 19.5. The molecule has 160 valence electrons. The predicted octanol–water partition coefficient (Wildman–Crippen LogP) is 2.32. The molecule has 8 nitrogen and oxygen atoms in total. The number of hydrogen-bond donors (Lipinski definition) is 0. The third-order valence-electron chi connectivity index (χ3n) is 7.32. The lowest BCUT2D eigenvalue weighted by Crippen LogP contribution is -2.60. The normalized spacial score (nSPS) is 29.9. The molecule has 2 bridgehead atoms. The molecule has 2 aromatic rings. The number of aromatic nitrogens is 4. The zero-order valence-electron chi connectivity index (χ0n) is 17.7. The molecular weight excluding hydrogens is 380 g/mol. The molecule has 0 aliphatic carbocycles. The minimum atomic E-state index is -0.353. The van der Waals surface area contributed by atoms with Crippen molar-refractivity contribution >= 4 is 5.91 Å². The third-order valence-corrected chi connectivity index (χ3v) is 7.32. The molecule has 4 heterocycles. The summed E-state index contributed by atoms with van der Waals surface area (Å²) in [6.45, 7) is 4.63. The second-order valence-electron chi connectivity index (χ2n) is 9.05. The number of likely N-dealkylation sites (tertiary alicyclic amines) is 1. The van der Waals surface area contributed by atoms with Gasteiger partial charge in [0, 0.05) is 31.7 Å². The lowest BCUT2D eigenvalue weighted by molar-refractivity contribution is -0.142. The molecule has 3 saturated heterocycles. The summed E-state index contributed by atoms with van der Waals surface area (Å²) in [7, 11) is 1.71. The monoisotopic (exact) mass is 410 g/mol. The van der Waals surface area contributed by atoms with Gasteiger partial charge in [0.25, 0.3) is 0 Å². The van der Waals surface area contributed by atoms with E-state index in [1.54, 1.807) is 11.8 Å².